The Morgan fingerprint density at radius 1 is 1.06 bits per heavy atom. The van der Waals surface area contributed by atoms with Gasteiger partial charge in [0.25, 0.3) is 0 Å². The summed E-state index contributed by atoms with van der Waals surface area (Å²) in [4.78, 5) is 18.9. The summed E-state index contributed by atoms with van der Waals surface area (Å²) in [6, 6.07) is 13.8. The number of hydrazone groups is 1. The molecule has 2 aliphatic rings. The summed E-state index contributed by atoms with van der Waals surface area (Å²) in [7, 11) is 0. The van der Waals surface area contributed by atoms with Crippen molar-refractivity contribution in [2.45, 2.75) is 45.4 Å². The minimum absolute atomic E-state index is 0.0343. The third kappa shape index (κ3) is 5.14. The van der Waals surface area contributed by atoms with Gasteiger partial charge in [-0.15, -0.1) is 0 Å². The van der Waals surface area contributed by atoms with Crippen molar-refractivity contribution < 1.29 is 13.9 Å². The number of carbonyl (C=O) groups excluding carboxylic acids is 1. The van der Waals surface area contributed by atoms with Crippen molar-refractivity contribution in [1.82, 2.24) is 15.3 Å². The van der Waals surface area contributed by atoms with Crippen LogP contribution in [0.25, 0.3) is 22.6 Å². The number of hydrogen-bond acceptors (Lipinski definition) is 6. The molecule has 0 saturated carbocycles. The molecular formula is C27H32N4O3. The molecular weight excluding hydrogens is 428 g/mol. The van der Waals surface area contributed by atoms with Gasteiger partial charge >= 0.3 is 0 Å². The predicted octanol–water partition coefficient (Wildman–Crippen LogP) is 5.00. The molecule has 178 valence electrons. The average Bonchev–Trinajstić information content (AvgIpc) is 3.12. The largest absolute Gasteiger partial charge is 0.492 e. The second-order valence-corrected chi connectivity index (χ2v) is 9.17. The Bertz CT molecular complexity index is 1160. The molecule has 3 aromatic rings. The third-order valence-corrected chi connectivity index (χ3v) is 6.77. The van der Waals surface area contributed by atoms with Crippen molar-refractivity contribution in [3.05, 3.63) is 48.0 Å². The maximum Gasteiger partial charge on any atom is 0.240 e. The molecule has 5 rings (SSSR count). The van der Waals surface area contributed by atoms with E-state index in [-0.39, 0.29) is 11.8 Å². The fraction of sp³-hybridized carbons (Fsp3) is 0.444. The van der Waals surface area contributed by atoms with Crippen molar-refractivity contribution in [3.8, 4) is 17.2 Å². The number of amides is 1. The molecule has 1 fully saturated rings. The Morgan fingerprint density at radius 2 is 1.82 bits per heavy atom. The summed E-state index contributed by atoms with van der Waals surface area (Å²) in [6.45, 7) is 6.12. The smallest absolute Gasteiger partial charge is 0.240 e. The number of fused-ring (bicyclic) bond motifs is 1. The number of nitrogens with zero attached hydrogens (tertiary/aromatic N) is 3. The number of carbonyl (C=O) groups is 1. The lowest BCUT2D eigenvalue weighted by atomic mass is 9.90. The number of oxazole rings is 1. The summed E-state index contributed by atoms with van der Waals surface area (Å²) < 4.78 is 12.1. The van der Waals surface area contributed by atoms with Crippen LogP contribution in [0.5, 0.6) is 5.75 Å². The summed E-state index contributed by atoms with van der Waals surface area (Å²) in [5.41, 5.74) is 6.86. The molecule has 1 N–H and O–H groups in total. The molecule has 1 unspecified atom stereocenters. The van der Waals surface area contributed by atoms with E-state index < -0.39 is 0 Å². The van der Waals surface area contributed by atoms with E-state index >= 15 is 0 Å². The molecule has 0 aliphatic carbocycles. The first-order chi connectivity index (χ1) is 16.7. The maximum absolute atomic E-state index is 11.7. The van der Waals surface area contributed by atoms with Gasteiger partial charge in [-0.25, -0.2) is 10.4 Å². The molecule has 3 heterocycles. The topological polar surface area (TPSA) is 80.0 Å². The van der Waals surface area contributed by atoms with Gasteiger partial charge in [0.15, 0.2) is 5.58 Å². The first kappa shape index (κ1) is 22.6. The molecule has 1 amide bonds. The van der Waals surface area contributed by atoms with E-state index in [9.17, 15) is 4.79 Å². The summed E-state index contributed by atoms with van der Waals surface area (Å²) in [5, 5.41) is 4.31. The van der Waals surface area contributed by atoms with Crippen LogP contribution in [-0.4, -0.2) is 47.7 Å². The van der Waals surface area contributed by atoms with Crippen LogP contribution in [0.3, 0.4) is 0 Å². The molecule has 1 aromatic heterocycles. The Balaban J connectivity index is 1.25. The highest BCUT2D eigenvalue weighted by molar-refractivity contribution is 6.07. The number of ether oxygens (including phenoxy) is 1. The zero-order valence-electron chi connectivity index (χ0n) is 19.8. The fourth-order valence-electron chi connectivity index (χ4n) is 4.77. The molecule has 1 saturated heterocycles. The van der Waals surface area contributed by atoms with E-state index in [1.165, 1.54) is 38.8 Å². The van der Waals surface area contributed by atoms with Gasteiger partial charge in [-0.05, 0) is 68.8 Å². The Morgan fingerprint density at radius 3 is 2.59 bits per heavy atom. The van der Waals surface area contributed by atoms with Crippen molar-refractivity contribution in [1.29, 1.82) is 0 Å². The lowest BCUT2D eigenvalue weighted by Gasteiger charge is -2.21. The van der Waals surface area contributed by atoms with E-state index in [1.54, 1.807) is 0 Å². The molecule has 2 aliphatic heterocycles. The van der Waals surface area contributed by atoms with Gasteiger partial charge in [-0.1, -0.05) is 25.8 Å². The second kappa shape index (κ2) is 10.4. The minimum atomic E-state index is -0.0343. The van der Waals surface area contributed by atoms with Crippen LogP contribution in [0, 0.1) is 5.92 Å². The van der Waals surface area contributed by atoms with Crippen LogP contribution < -0.4 is 10.2 Å². The standard InChI is InChI=1S/C27H32N4O3/c1-2-19-18-25(32)29-30-26(19)21-9-12-23-24(17-21)34-27(28-23)20-7-10-22(11-8-20)33-16-15-31-13-5-3-4-6-14-31/h7-12,17,19H,2-6,13-16,18H2,1H3,(H,29,32). The van der Waals surface area contributed by atoms with Gasteiger partial charge in [-0.2, -0.15) is 5.10 Å². The predicted molar refractivity (Wildman–Crippen MR) is 133 cm³/mol. The van der Waals surface area contributed by atoms with Crippen molar-refractivity contribution in [3.63, 3.8) is 0 Å². The van der Waals surface area contributed by atoms with Gasteiger partial charge in [0.2, 0.25) is 11.8 Å². The molecule has 0 radical (unpaired) electrons. The molecule has 2 aromatic carbocycles. The van der Waals surface area contributed by atoms with Gasteiger partial charge in [-0.3, -0.25) is 9.69 Å². The first-order valence-electron chi connectivity index (χ1n) is 12.4. The fourth-order valence-corrected chi connectivity index (χ4v) is 4.77. The van der Waals surface area contributed by atoms with Gasteiger partial charge < -0.3 is 9.15 Å². The van der Waals surface area contributed by atoms with E-state index in [4.69, 9.17) is 9.15 Å². The Labute approximate surface area is 200 Å². The van der Waals surface area contributed by atoms with Crippen molar-refractivity contribution in [2.24, 2.45) is 11.0 Å². The first-order valence-corrected chi connectivity index (χ1v) is 12.4. The molecule has 0 bridgehead atoms. The maximum atomic E-state index is 11.7. The van der Waals surface area contributed by atoms with E-state index in [2.05, 4.69) is 27.3 Å². The van der Waals surface area contributed by atoms with Gasteiger partial charge in [0.05, 0.1) is 5.71 Å². The normalized spacial score (nSPS) is 19.5. The van der Waals surface area contributed by atoms with Crippen LogP contribution in [0.15, 0.2) is 52.0 Å². The van der Waals surface area contributed by atoms with E-state index in [0.29, 0.717) is 24.5 Å². The van der Waals surface area contributed by atoms with Crippen molar-refractivity contribution >= 4 is 22.7 Å². The van der Waals surface area contributed by atoms with Crippen LogP contribution in [0.1, 0.15) is 51.0 Å². The zero-order valence-corrected chi connectivity index (χ0v) is 19.8. The number of rotatable bonds is 7. The Hall–Kier alpha value is -3.19. The molecule has 1 atom stereocenters. The average molecular weight is 461 g/mol. The monoisotopic (exact) mass is 460 g/mol. The summed E-state index contributed by atoms with van der Waals surface area (Å²) >= 11 is 0. The number of nitrogens with one attached hydrogen (secondary N) is 1. The van der Waals surface area contributed by atoms with Crippen LogP contribution in [0.2, 0.25) is 0 Å². The van der Waals surface area contributed by atoms with Crippen LogP contribution in [0.4, 0.5) is 0 Å². The highest BCUT2D eigenvalue weighted by atomic mass is 16.5. The zero-order chi connectivity index (χ0) is 23.3. The molecule has 7 heteroatoms. The highest BCUT2D eigenvalue weighted by Crippen LogP contribution is 2.28. The second-order valence-electron chi connectivity index (χ2n) is 9.17. The summed E-state index contributed by atoms with van der Waals surface area (Å²) in [6.07, 6.45) is 6.61. The highest BCUT2D eigenvalue weighted by Gasteiger charge is 2.24. The third-order valence-electron chi connectivity index (χ3n) is 6.77. The van der Waals surface area contributed by atoms with Crippen LogP contribution in [-0.2, 0) is 4.79 Å². The number of aromatic nitrogens is 1. The lowest BCUT2D eigenvalue weighted by molar-refractivity contribution is -0.122. The minimum Gasteiger partial charge on any atom is -0.492 e. The number of benzene rings is 2. The van der Waals surface area contributed by atoms with Crippen molar-refractivity contribution in [2.75, 3.05) is 26.2 Å². The van der Waals surface area contributed by atoms with Gasteiger partial charge in [0.1, 0.15) is 17.9 Å². The Kier molecular flexibility index (Phi) is 6.90. The SMILES string of the molecule is CCC1CC(=O)NN=C1c1ccc2nc(-c3ccc(OCCN4CCCCCC4)cc3)oc2c1. The van der Waals surface area contributed by atoms with E-state index in [1.807, 2.05) is 42.5 Å². The quantitative estimate of drug-likeness (QED) is 0.537. The number of hydrogen-bond donors (Lipinski definition) is 1. The molecule has 7 nitrogen and oxygen atoms in total. The molecule has 0 spiro atoms. The number of likely N-dealkylation sites (tertiary alicyclic amines) is 1. The van der Waals surface area contributed by atoms with Crippen LogP contribution >= 0.6 is 0 Å². The lowest BCUT2D eigenvalue weighted by Crippen LogP contribution is -2.33. The summed E-state index contributed by atoms with van der Waals surface area (Å²) in [5.74, 6) is 1.52. The van der Waals surface area contributed by atoms with E-state index in [0.717, 1.165) is 41.1 Å². The van der Waals surface area contributed by atoms with Gasteiger partial charge in [0, 0.05) is 30.0 Å². The molecule has 34 heavy (non-hydrogen) atoms.